The van der Waals surface area contributed by atoms with Crippen molar-refractivity contribution in [1.82, 2.24) is 0 Å². The second-order valence-electron chi connectivity index (χ2n) is 11.3. The molecule has 244 valence electrons. The summed E-state index contributed by atoms with van der Waals surface area (Å²) in [6.45, 7) is 1.95. The molecule has 4 aromatic rings. The van der Waals surface area contributed by atoms with Crippen molar-refractivity contribution in [3.63, 3.8) is 0 Å². The monoisotopic (exact) mass is 688 g/mol. The molecule has 0 nitrogen and oxygen atoms in total. The van der Waals surface area contributed by atoms with E-state index in [0.717, 1.165) is 48.1 Å². The number of halogens is 10. The van der Waals surface area contributed by atoms with E-state index in [1.54, 1.807) is 12.1 Å². The molecule has 0 amide bonds. The number of rotatable bonds is 7. The summed E-state index contributed by atoms with van der Waals surface area (Å²) in [5.41, 5.74) is -2.79. The molecule has 4 atom stereocenters. The third-order valence-electron chi connectivity index (χ3n) is 8.41. The van der Waals surface area contributed by atoms with E-state index >= 15 is 0 Å². The van der Waals surface area contributed by atoms with Crippen LogP contribution in [0.5, 0.6) is 0 Å². The molecule has 0 aliphatic heterocycles. The first kappa shape index (κ1) is 34.4. The second kappa shape index (κ2) is 13.3. The normalized spacial score (nSPS) is 19.0. The van der Waals surface area contributed by atoms with Crippen LogP contribution in [0.4, 0.5) is 43.9 Å². The molecule has 0 saturated heterocycles. The van der Waals surface area contributed by atoms with Gasteiger partial charge in [-0.3, -0.25) is 0 Å². The van der Waals surface area contributed by atoms with Gasteiger partial charge in [0.15, 0.2) is 0 Å². The zero-order valence-corrected chi connectivity index (χ0v) is 26.1. The van der Waals surface area contributed by atoms with E-state index in [2.05, 4.69) is 0 Å². The average Bonchev–Trinajstić information content (AvgIpc) is 3.47. The quantitative estimate of drug-likeness (QED) is 0.134. The van der Waals surface area contributed by atoms with Crippen LogP contribution in [-0.4, -0.2) is 11.3 Å². The second-order valence-corrected chi connectivity index (χ2v) is 16.3. The molecule has 3 unspecified atom stereocenters. The van der Waals surface area contributed by atoms with Gasteiger partial charge >= 0.3 is 18.5 Å². The molecule has 0 aromatic heterocycles. The largest absolute Gasteiger partial charge is 0.416 e. The molecule has 0 N–H and O–H groups in total. The molecule has 0 radical (unpaired) electrons. The van der Waals surface area contributed by atoms with Crippen molar-refractivity contribution >= 4 is 37.1 Å². The van der Waals surface area contributed by atoms with Crippen LogP contribution in [0, 0.1) is 11.7 Å². The lowest BCUT2D eigenvalue weighted by Crippen LogP contribution is -2.33. The fourth-order valence-electron chi connectivity index (χ4n) is 6.23. The maximum absolute atomic E-state index is 13.9. The van der Waals surface area contributed by atoms with E-state index in [1.807, 2.05) is 6.92 Å². The van der Waals surface area contributed by atoms with Crippen molar-refractivity contribution in [2.75, 3.05) is 0 Å². The van der Waals surface area contributed by atoms with Gasteiger partial charge in [0.05, 0.1) is 16.7 Å². The van der Waals surface area contributed by atoms with Gasteiger partial charge in [0, 0.05) is 0 Å². The van der Waals surface area contributed by atoms with Gasteiger partial charge < -0.3 is 0 Å². The van der Waals surface area contributed by atoms with Crippen molar-refractivity contribution in [3.05, 3.63) is 120 Å². The zero-order chi connectivity index (χ0) is 33.4. The summed E-state index contributed by atoms with van der Waals surface area (Å²) in [6, 6.07) is 20.2. The Hall–Kier alpha value is -2.96. The highest BCUT2D eigenvalue weighted by Crippen LogP contribution is 2.56. The highest BCUT2D eigenvalue weighted by Gasteiger charge is 2.42. The van der Waals surface area contributed by atoms with Crippen LogP contribution in [0.1, 0.15) is 42.9 Å². The van der Waals surface area contributed by atoms with Crippen LogP contribution in [0.3, 0.4) is 0 Å². The van der Waals surface area contributed by atoms with E-state index in [0.29, 0.717) is 28.8 Å². The summed E-state index contributed by atoms with van der Waals surface area (Å²) in [5.74, 6) is -0.537. The van der Waals surface area contributed by atoms with Gasteiger partial charge in [-0.25, -0.2) is 4.39 Å². The van der Waals surface area contributed by atoms with Crippen molar-refractivity contribution in [2.45, 2.75) is 56.0 Å². The van der Waals surface area contributed by atoms with Gasteiger partial charge in [0.2, 0.25) is 0 Å². The summed E-state index contributed by atoms with van der Waals surface area (Å²) in [7, 11) is -2.78. The molecule has 5 rings (SSSR count). The lowest BCUT2D eigenvalue weighted by atomic mass is 10.0. The highest BCUT2D eigenvalue weighted by atomic mass is 31.1. The predicted octanol–water partition coefficient (Wildman–Crippen LogP) is 10.0. The molecule has 0 spiro atoms. The molecule has 0 bridgehead atoms. The Balaban J connectivity index is 1.57. The molecule has 1 aliphatic carbocycles. The number of alkyl halides is 9. The molecule has 1 saturated carbocycles. The highest BCUT2D eigenvalue weighted by molar-refractivity contribution is 7.74. The lowest BCUT2D eigenvalue weighted by Gasteiger charge is -2.37. The minimum Gasteiger partial charge on any atom is -0.207 e. The SMILES string of the molecule is CC(C1CCC[C@@H]1P(c1ccc(F)cc1)c1ccc(C(F)(F)F)cc1)P(c1ccc(C(F)(F)F)cc1)c1ccc(C(F)(F)F)cc1. The Morgan fingerprint density at radius 1 is 0.522 bits per heavy atom. The number of hydrogen-bond donors (Lipinski definition) is 0. The van der Waals surface area contributed by atoms with Gasteiger partial charge in [-0.15, -0.1) is 0 Å². The van der Waals surface area contributed by atoms with Crippen molar-refractivity contribution in [3.8, 4) is 0 Å². The van der Waals surface area contributed by atoms with Crippen molar-refractivity contribution < 1.29 is 43.9 Å². The van der Waals surface area contributed by atoms with E-state index in [9.17, 15) is 43.9 Å². The fraction of sp³-hybridized carbons (Fsp3) is 0.294. The maximum atomic E-state index is 13.9. The predicted molar refractivity (Wildman–Crippen MR) is 164 cm³/mol. The van der Waals surface area contributed by atoms with Crippen LogP contribution in [0.2, 0.25) is 0 Å². The minimum atomic E-state index is -4.57. The molecular formula is C34H28F10P2. The summed E-state index contributed by atoms with van der Waals surface area (Å²) >= 11 is 0. The Kier molecular flexibility index (Phi) is 9.92. The van der Waals surface area contributed by atoms with Crippen LogP contribution in [-0.2, 0) is 18.5 Å². The molecule has 0 heterocycles. The summed E-state index contributed by atoms with van der Waals surface area (Å²) < 4.78 is 134. The van der Waals surface area contributed by atoms with Gasteiger partial charge in [-0.2, -0.15) is 39.5 Å². The van der Waals surface area contributed by atoms with Crippen LogP contribution in [0.25, 0.3) is 0 Å². The molecule has 1 fully saturated rings. The Labute approximate surface area is 262 Å². The van der Waals surface area contributed by atoms with Gasteiger partial charge in [0.25, 0.3) is 0 Å². The lowest BCUT2D eigenvalue weighted by molar-refractivity contribution is -0.138. The van der Waals surface area contributed by atoms with Gasteiger partial charge in [-0.1, -0.05) is 61.9 Å². The van der Waals surface area contributed by atoms with E-state index < -0.39 is 56.9 Å². The smallest absolute Gasteiger partial charge is 0.207 e. The summed E-state index contributed by atoms with van der Waals surface area (Å²) in [5, 5.41) is 2.59. The third kappa shape index (κ3) is 7.60. The Morgan fingerprint density at radius 2 is 0.870 bits per heavy atom. The average molecular weight is 689 g/mol. The molecule has 1 aliphatic rings. The van der Waals surface area contributed by atoms with Crippen LogP contribution >= 0.6 is 15.8 Å². The van der Waals surface area contributed by atoms with Gasteiger partial charge in [0.1, 0.15) is 5.82 Å². The Bertz CT molecular complexity index is 1530. The topological polar surface area (TPSA) is 0 Å². The number of hydrogen-bond acceptors (Lipinski definition) is 0. The Morgan fingerprint density at radius 3 is 1.24 bits per heavy atom. The summed E-state index contributed by atoms with van der Waals surface area (Å²) in [4.78, 5) is 0. The van der Waals surface area contributed by atoms with Crippen molar-refractivity contribution in [2.24, 2.45) is 5.92 Å². The van der Waals surface area contributed by atoms with Gasteiger partial charge in [-0.05, 0) is 116 Å². The number of benzene rings is 4. The maximum Gasteiger partial charge on any atom is 0.416 e. The first-order valence-electron chi connectivity index (χ1n) is 14.4. The van der Waals surface area contributed by atoms with Crippen LogP contribution < -0.4 is 21.2 Å². The van der Waals surface area contributed by atoms with E-state index in [-0.39, 0.29) is 17.2 Å². The molecule has 4 aromatic carbocycles. The van der Waals surface area contributed by atoms with E-state index in [1.165, 1.54) is 48.5 Å². The first-order valence-corrected chi connectivity index (χ1v) is 17.2. The molecular weight excluding hydrogens is 660 g/mol. The standard InChI is InChI=1S/C34H28F10P2/c1-21(45(26-13-5-22(6-14-26)32(36,37)38)27-15-7-23(8-16-27)33(39,40)41)30-3-2-4-31(30)46(29-19-11-25(35)12-20-29)28-17-9-24(10-18-28)34(42,43)44/h5-21,30-31H,2-4H2,1H3/t21?,30?,31-,46?/m0/s1. The summed E-state index contributed by atoms with van der Waals surface area (Å²) in [6.07, 6.45) is -11.5. The van der Waals surface area contributed by atoms with Crippen LogP contribution in [0.15, 0.2) is 97.1 Å². The zero-order valence-electron chi connectivity index (χ0n) is 24.3. The third-order valence-corrected chi connectivity index (χ3v) is 14.3. The fourth-order valence-corrected chi connectivity index (χ4v) is 12.5. The molecule has 12 heteroatoms. The molecule has 46 heavy (non-hydrogen) atoms. The minimum absolute atomic E-state index is 0.0749. The first-order chi connectivity index (χ1) is 21.5. The van der Waals surface area contributed by atoms with Crippen molar-refractivity contribution in [1.29, 1.82) is 0 Å². The van der Waals surface area contributed by atoms with E-state index in [4.69, 9.17) is 0 Å².